The number of rotatable bonds is 4. The maximum absolute atomic E-state index is 5.39. The van der Waals surface area contributed by atoms with Gasteiger partial charge in [-0.2, -0.15) is 0 Å². The van der Waals surface area contributed by atoms with E-state index in [1.807, 2.05) is 25.1 Å². The van der Waals surface area contributed by atoms with Gasteiger partial charge in [-0.25, -0.2) is 4.99 Å². The number of halogens is 1. The third-order valence-electron chi connectivity index (χ3n) is 1.74. The molecule has 0 aliphatic heterocycles. The van der Waals surface area contributed by atoms with Crippen LogP contribution < -0.4 is 16.2 Å². The third kappa shape index (κ3) is 3.79. The largest absolute Gasteiger partial charge is 0.493 e. The number of benzene rings is 1. The van der Waals surface area contributed by atoms with Crippen LogP contribution in [0, 0.1) is 0 Å². The summed E-state index contributed by atoms with van der Waals surface area (Å²) in [5.74, 6) is 0.922. The topological polar surface area (TPSA) is 73.6 Å². The lowest BCUT2D eigenvalue weighted by molar-refractivity contribution is 0.338. The Bertz CT molecular complexity index is 362. The fourth-order valence-electron chi connectivity index (χ4n) is 1.10. The van der Waals surface area contributed by atoms with Crippen LogP contribution in [0.25, 0.3) is 0 Å². The van der Waals surface area contributed by atoms with Crippen molar-refractivity contribution >= 4 is 21.9 Å². The number of nitrogens with zero attached hydrogens (tertiary/aromatic N) is 1. The first-order chi connectivity index (χ1) is 7.13. The van der Waals surface area contributed by atoms with Gasteiger partial charge in [-0.3, -0.25) is 0 Å². The van der Waals surface area contributed by atoms with E-state index >= 15 is 0 Å². The number of hydrogen-bond acceptors (Lipinski definition) is 2. The zero-order chi connectivity index (χ0) is 11.3. The number of aliphatic imine (C=N–C) groups is 1. The average molecular weight is 272 g/mol. The van der Waals surface area contributed by atoms with Crippen LogP contribution in [0.15, 0.2) is 27.7 Å². The Morgan fingerprint density at radius 3 is 2.73 bits per heavy atom. The summed E-state index contributed by atoms with van der Waals surface area (Å²) in [6.45, 7) is 3.07. The molecule has 0 atom stereocenters. The van der Waals surface area contributed by atoms with Crippen LogP contribution in [0.2, 0.25) is 0 Å². The Morgan fingerprint density at radius 2 is 2.20 bits per heavy atom. The minimum atomic E-state index is 0.0972. The molecule has 0 aliphatic carbocycles. The second-order valence-corrected chi connectivity index (χ2v) is 3.79. The van der Waals surface area contributed by atoms with Gasteiger partial charge in [-0.15, -0.1) is 0 Å². The molecular weight excluding hydrogens is 258 g/mol. The van der Waals surface area contributed by atoms with Gasteiger partial charge in [-0.1, -0.05) is 6.07 Å². The predicted octanol–water partition coefficient (Wildman–Crippen LogP) is 1.62. The first-order valence-corrected chi connectivity index (χ1v) is 5.39. The van der Waals surface area contributed by atoms with E-state index in [4.69, 9.17) is 16.2 Å². The quantitative estimate of drug-likeness (QED) is 0.646. The minimum absolute atomic E-state index is 0.0972. The highest BCUT2D eigenvalue weighted by atomic mass is 79.9. The van der Waals surface area contributed by atoms with Crippen molar-refractivity contribution in [3.05, 3.63) is 28.2 Å². The molecule has 5 heteroatoms. The number of guanidine groups is 1. The van der Waals surface area contributed by atoms with E-state index in [9.17, 15) is 0 Å². The molecule has 0 unspecified atom stereocenters. The lowest BCUT2D eigenvalue weighted by atomic mass is 10.2. The van der Waals surface area contributed by atoms with Crippen LogP contribution in [0.1, 0.15) is 12.5 Å². The molecule has 0 radical (unpaired) electrons. The molecule has 0 saturated heterocycles. The number of nitrogens with two attached hydrogens (primary N) is 2. The van der Waals surface area contributed by atoms with E-state index in [1.54, 1.807) is 0 Å². The molecule has 1 aromatic rings. The average Bonchev–Trinajstić information content (AvgIpc) is 2.19. The van der Waals surface area contributed by atoms with Crippen LogP contribution in [0.4, 0.5) is 0 Å². The van der Waals surface area contributed by atoms with Gasteiger partial charge in [0.1, 0.15) is 5.75 Å². The summed E-state index contributed by atoms with van der Waals surface area (Å²) in [5.41, 5.74) is 11.5. The van der Waals surface area contributed by atoms with E-state index < -0.39 is 0 Å². The van der Waals surface area contributed by atoms with Crippen LogP contribution in [-0.4, -0.2) is 12.6 Å². The molecule has 0 heterocycles. The zero-order valence-electron chi connectivity index (χ0n) is 8.53. The molecule has 82 valence electrons. The Morgan fingerprint density at radius 1 is 1.47 bits per heavy atom. The molecule has 0 spiro atoms. The van der Waals surface area contributed by atoms with Gasteiger partial charge in [0.2, 0.25) is 0 Å². The van der Waals surface area contributed by atoms with Gasteiger partial charge in [0.25, 0.3) is 0 Å². The molecule has 0 aliphatic rings. The normalized spacial score (nSPS) is 9.73. The number of ether oxygens (including phenoxy) is 1. The van der Waals surface area contributed by atoms with Crippen molar-refractivity contribution in [2.24, 2.45) is 16.5 Å². The molecule has 4 N–H and O–H groups in total. The standard InChI is InChI=1S/C10H14BrN3O/c1-2-15-9-4-3-7(5-8(9)11)6-14-10(12)13/h3-5H,2,6H2,1H3,(H4,12,13,14). The van der Waals surface area contributed by atoms with E-state index in [2.05, 4.69) is 20.9 Å². The van der Waals surface area contributed by atoms with Gasteiger partial charge in [-0.05, 0) is 40.5 Å². The molecule has 0 aromatic heterocycles. The van der Waals surface area contributed by atoms with Crippen molar-refractivity contribution in [3.8, 4) is 5.75 Å². The molecule has 0 saturated carbocycles. The van der Waals surface area contributed by atoms with Crippen molar-refractivity contribution in [3.63, 3.8) is 0 Å². The van der Waals surface area contributed by atoms with Crippen molar-refractivity contribution in [2.45, 2.75) is 13.5 Å². The van der Waals surface area contributed by atoms with Crippen molar-refractivity contribution in [2.75, 3.05) is 6.61 Å². The van der Waals surface area contributed by atoms with E-state index in [-0.39, 0.29) is 5.96 Å². The maximum atomic E-state index is 5.39. The lowest BCUT2D eigenvalue weighted by Gasteiger charge is -2.06. The van der Waals surface area contributed by atoms with Gasteiger partial charge in [0.15, 0.2) is 5.96 Å². The van der Waals surface area contributed by atoms with Crippen LogP contribution >= 0.6 is 15.9 Å². The molecule has 15 heavy (non-hydrogen) atoms. The summed E-state index contributed by atoms with van der Waals surface area (Å²) in [7, 11) is 0. The molecule has 0 bridgehead atoms. The van der Waals surface area contributed by atoms with Gasteiger partial charge in [0, 0.05) is 0 Å². The third-order valence-corrected chi connectivity index (χ3v) is 2.36. The molecule has 0 fully saturated rings. The SMILES string of the molecule is CCOc1ccc(CN=C(N)N)cc1Br. The van der Waals surface area contributed by atoms with Crippen molar-refractivity contribution in [1.82, 2.24) is 0 Å². The fourth-order valence-corrected chi connectivity index (χ4v) is 1.64. The summed E-state index contributed by atoms with van der Waals surface area (Å²) in [6.07, 6.45) is 0. The second kappa shape index (κ2) is 5.60. The van der Waals surface area contributed by atoms with Crippen LogP contribution in [0.3, 0.4) is 0 Å². The summed E-state index contributed by atoms with van der Waals surface area (Å²) in [4.78, 5) is 3.92. The summed E-state index contributed by atoms with van der Waals surface area (Å²) in [5, 5.41) is 0. The van der Waals surface area contributed by atoms with E-state index in [0.29, 0.717) is 13.2 Å². The van der Waals surface area contributed by atoms with Gasteiger partial charge in [0.05, 0.1) is 17.6 Å². The monoisotopic (exact) mass is 271 g/mol. The molecule has 1 rings (SSSR count). The summed E-state index contributed by atoms with van der Waals surface area (Å²) >= 11 is 3.42. The van der Waals surface area contributed by atoms with Gasteiger partial charge < -0.3 is 16.2 Å². The zero-order valence-corrected chi connectivity index (χ0v) is 10.1. The number of hydrogen-bond donors (Lipinski definition) is 2. The molecule has 1 aromatic carbocycles. The molecule has 0 amide bonds. The fraction of sp³-hybridized carbons (Fsp3) is 0.300. The van der Waals surface area contributed by atoms with E-state index in [1.165, 1.54) is 0 Å². The smallest absolute Gasteiger partial charge is 0.186 e. The van der Waals surface area contributed by atoms with Crippen LogP contribution in [-0.2, 0) is 6.54 Å². The van der Waals surface area contributed by atoms with Crippen LogP contribution in [0.5, 0.6) is 5.75 Å². The minimum Gasteiger partial charge on any atom is -0.493 e. The Hall–Kier alpha value is -1.23. The van der Waals surface area contributed by atoms with Crippen molar-refractivity contribution < 1.29 is 4.74 Å². The first kappa shape index (κ1) is 11.8. The Labute approximate surface area is 97.4 Å². The maximum Gasteiger partial charge on any atom is 0.186 e. The van der Waals surface area contributed by atoms with Gasteiger partial charge >= 0.3 is 0 Å². The molecule has 4 nitrogen and oxygen atoms in total. The highest BCUT2D eigenvalue weighted by Gasteiger charge is 2.01. The second-order valence-electron chi connectivity index (χ2n) is 2.94. The summed E-state index contributed by atoms with van der Waals surface area (Å²) < 4.78 is 6.29. The first-order valence-electron chi connectivity index (χ1n) is 4.60. The highest BCUT2D eigenvalue weighted by Crippen LogP contribution is 2.26. The predicted molar refractivity (Wildman–Crippen MR) is 64.8 cm³/mol. The van der Waals surface area contributed by atoms with Crippen molar-refractivity contribution in [1.29, 1.82) is 0 Å². The van der Waals surface area contributed by atoms with E-state index in [0.717, 1.165) is 15.8 Å². The highest BCUT2D eigenvalue weighted by molar-refractivity contribution is 9.10. The summed E-state index contributed by atoms with van der Waals surface area (Å²) in [6, 6.07) is 5.77. The Balaban J connectivity index is 2.77. The molecular formula is C10H14BrN3O. The lowest BCUT2D eigenvalue weighted by Crippen LogP contribution is -2.22. The Kier molecular flexibility index (Phi) is 4.42.